The number of fused-ring (bicyclic) bond motifs is 3. The van der Waals surface area contributed by atoms with Gasteiger partial charge in [0.2, 0.25) is 12.1 Å². The van der Waals surface area contributed by atoms with Crippen LogP contribution in [0, 0.1) is 27.9 Å². The van der Waals surface area contributed by atoms with Gasteiger partial charge in [0.25, 0.3) is 5.69 Å². The summed E-state index contributed by atoms with van der Waals surface area (Å²) in [5.41, 5.74) is 2.34. The number of oxime groups is 1. The van der Waals surface area contributed by atoms with Crippen LogP contribution < -0.4 is 14.2 Å². The van der Waals surface area contributed by atoms with Gasteiger partial charge < -0.3 is 38.7 Å². The van der Waals surface area contributed by atoms with Crippen LogP contribution in [0.1, 0.15) is 89.0 Å². The molecule has 7 atom stereocenters. The molecule has 2 heterocycles. The number of nitro benzene ring substituents is 1. The first-order valence-electron chi connectivity index (χ1n) is 23.5. The lowest BCUT2D eigenvalue weighted by Crippen LogP contribution is -2.70. The predicted octanol–water partition coefficient (Wildman–Crippen LogP) is 10.6. The molecule has 0 bridgehead atoms. The minimum Gasteiger partial charge on any atom is -0.459 e. The smallest absolute Gasteiger partial charge is 0.415 e. The molecule has 2 N–H and O–H groups in total. The highest BCUT2D eigenvalue weighted by molar-refractivity contribution is 6.03. The molecule has 2 fully saturated rings. The van der Waals surface area contributed by atoms with Crippen LogP contribution in [0.4, 0.5) is 10.5 Å². The lowest BCUT2D eigenvalue weighted by molar-refractivity contribution is -0.384. The minimum atomic E-state index is -1.51. The Balaban J connectivity index is 1.30. The third-order valence-electron chi connectivity index (χ3n) is 13.3. The number of benzene rings is 4. The van der Waals surface area contributed by atoms with E-state index in [4.69, 9.17) is 33.7 Å². The molecule has 2 aliphatic carbocycles. The standard InChI is InChI=1S/C52H61N3O11/c1-3-26-54(51(58)64-39-22-19-38(20-23-39)55(59)60)47-34-45(53-66-48-17-9-12-30-61-48)43-32-37(15-7-10-27-56)42(16-8-11-28-57)49-44-33-41(63-40-21-18-35-13-5-6-14-36(35)31-40)24-25-46(44)65-52(47,50(43)49)62-29-4-2/h4-6,13-14,18-25,31-33,37,42,47-50,56-57H,2-3,7-12,15-17,26-30,34H2,1H3. The van der Waals surface area contributed by atoms with E-state index in [1.54, 1.807) is 11.0 Å². The molecule has 4 aliphatic rings. The van der Waals surface area contributed by atoms with Crippen molar-refractivity contribution in [3.05, 3.63) is 125 Å². The molecule has 4 aromatic carbocycles. The molecular weight excluding hydrogens is 843 g/mol. The number of allylic oxidation sites excluding steroid dienone is 1. The molecule has 0 spiro atoms. The van der Waals surface area contributed by atoms with Crippen molar-refractivity contribution in [2.75, 3.05) is 33.0 Å². The molecular formula is C52H61N3O11. The van der Waals surface area contributed by atoms with Crippen LogP contribution in [0.3, 0.4) is 0 Å². The van der Waals surface area contributed by atoms with Gasteiger partial charge in [-0.2, -0.15) is 0 Å². The predicted molar refractivity (Wildman–Crippen MR) is 250 cm³/mol. The Morgan fingerprint density at radius 1 is 0.955 bits per heavy atom. The fraction of sp³-hybridized carbons (Fsp3) is 0.462. The molecule has 1 saturated heterocycles. The monoisotopic (exact) mass is 903 g/mol. The van der Waals surface area contributed by atoms with E-state index in [2.05, 4.69) is 30.9 Å². The third kappa shape index (κ3) is 10.1. The van der Waals surface area contributed by atoms with E-state index in [1.165, 1.54) is 24.3 Å². The van der Waals surface area contributed by atoms with E-state index in [1.807, 2.05) is 49.4 Å². The molecule has 8 rings (SSSR count). The van der Waals surface area contributed by atoms with Crippen molar-refractivity contribution in [1.29, 1.82) is 0 Å². The molecule has 14 heteroatoms. The number of carbonyl (C=O) groups excluding carboxylic acids is 1. The number of ether oxygens (including phenoxy) is 5. The van der Waals surface area contributed by atoms with E-state index in [0.29, 0.717) is 55.3 Å². The maximum atomic E-state index is 14.7. The number of aliphatic hydroxyl groups excluding tert-OH is 2. The molecule has 1 amide bonds. The zero-order chi connectivity index (χ0) is 46.0. The number of rotatable bonds is 20. The van der Waals surface area contributed by atoms with Crippen LogP contribution >= 0.6 is 0 Å². The van der Waals surface area contributed by atoms with Gasteiger partial charge in [0.1, 0.15) is 29.0 Å². The number of nitro groups is 1. The molecule has 7 unspecified atom stereocenters. The molecule has 350 valence electrons. The van der Waals surface area contributed by atoms with Crippen molar-refractivity contribution < 1.29 is 48.5 Å². The fourth-order valence-corrected chi connectivity index (χ4v) is 10.4. The zero-order valence-corrected chi connectivity index (χ0v) is 37.6. The van der Waals surface area contributed by atoms with Gasteiger partial charge in [-0.1, -0.05) is 67.4 Å². The van der Waals surface area contributed by atoms with Crippen LogP contribution in [0.2, 0.25) is 0 Å². The maximum Gasteiger partial charge on any atom is 0.415 e. The topological polar surface area (TPSA) is 172 Å². The quantitative estimate of drug-likeness (QED) is 0.0374. The number of non-ortho nitro benzene ring substituents is 1. The highest BCUT2D eigenvalue weighted by atomic mass is 16.8. The van der Waals surface area contributed by atoms with E-state index >= 15 is 0 Å². The molecule has 1 saturated carbocycles. The number of aliphatic hydroxyl groups is 2. The summed E-state index contributed by atoms with van der Waals surface area (Å²) in [5.74, 6) is -0.231. The Hall–Kier alpha value is -5.80. The summed E-state index contributed by atoms with van der Waals surface area (Å²) in [5, 5.41) is 38.6. The van der Waals surface area contributed by atoms with Gasteiger partial charge in [-0.15, -0.1) is 6.58 Å². The van der Waals surface area contributed by atoms with E-state index < -0.39 is 35.1 Å². The molecule has 66 heavy (non-hydrogen) atoms. The largest absolute Gasteiger partial charge is 0.459 e. The number of nitrogens with zero attached hydrogens (tertiary/aromatic N) is 3. The number of hydrogen-bond acceptors (Lipinski definition) is 12. The summed E-state index contributed by atoms with van der Waals surface area (Å²) in [6.07, 6.45) is 10.5. The Kier molecular flexibility index (Phi) is 15.3. The second-order valence-corrected chi connectivity index (χ2v) is 17.6. The van der Waals surface area contributed by atoms with E-state index in [9.17, 15) is 25.1 Å². The average Bonchev–Trinajstić information content (AvgIpc) is 3.33. The van der Waals surface area contributed by atoms with Crippen molar-refractivity contribution in [2.24, 2.45) is 22.9 Å². The van der Waals surface area contributed by atoms with E-state index in [-0.39, 0.29) is 62.0 Å². The van der Waals surface area contributed by atoms with Gasteiger partial charge in [-0.25, -0.2) is 4.79 Å². The van der Waals surface area contributed by atoms with Crippen LogP contribution in [-0.2, 0) is 14.3 Å². The highest BCUT2D eigenvalue weighted by Crippen LogP contribution is 2.62. The Morgan fingerprint density at radius 2 is 1.70 bits per heavy atom. The first-order valence-corrected chi connectivity index (χ1v) is 23.5. The second-order valence-electron chi connectivity index (χ2n) is 17.6. The molecule has 0 aromatic heterocycles. The second kappa shape index (κ2) is 21.7. The summed E-state index contributed by atoms with van der Waals surface area (Å²) in [7, 11) is 0. The first-order chi connectivity index (χ1) is 32.3. The maximum absolute atomic E-state index is 14.7. The normalized spacial score (nSPS) is 24.9. The summed E-state index contributed by atoms with van der Waals surface area (Å²) < 4.78 is 33.1. The van der Waals surface area contributed by atoms with Gasteiger partial charge in [0, 0.05) is 56.2 Å². The van der Waals surface area contributed by atoms with Crippen molar-refractivity contribution in [3.8, 4) is 23.0 Å². The van der Waals surface area contributed by atoms with Crippen LogP contribution in [0.25, 0.3) is 10.8 Å². The Bertz CT molecular complexity index is 2380. The first kappa shape index (κ1) is 46.7. The van der Waals surface area contributed by atoms with Gasteiger partial charge in [0.15, 0.2) is 0 Å². The average molecular weight is 904 g/mol. The summed E-state index contributed by atoms with van der Waals surface area (Å²) in [6.45, 7) is 7.07. The van der Waals surface area contributed by atoms with Crippen LogP contribution in [-0.4, -0.2) is 82.9 Å². The number of amides is 1. The Labute approximate surface area is 385 Å². The van der Waals surface area contributed by atoms with E-state index in [0.717, 1.165) is 60.4 Å². The number of unbranched alkanes of at least 4 members (excludes halogenated alkanes) is 2. The van der Waals surface area contributed by atoms with Gasteiger partial charge in [0.05, 0.1) is 29.8 Å². The summed E-state index contributed by atoms with van der Waals surface area (Å²) in [6, 6.07) is 24.7. The SMILES string of the molecule is C=CCOC12Oc3ccc(Oc4ccc5ccccc5c4)cc3C3C(CCCCO)C(CCCCO)C=C(C(=NOC4CCCCO4)CC1N(CCC)C(=O)Oc1ccc([N+](=O)[O-])cc1)C32. The lowest BCUT2D eigenvalue weighted by Gasteiger charge is -2.59. The fourth-order valence-electron chi connectivity index (χ4n) is 10.4. The van der Waals surface area contributed by atoms with Gasteiger partial charge in [-0.3, -0.25) is 15.0 Å². The molecule has 14 nitrogen and oxygen atoms in total. The number of hydrogen-bond donors (Lipinski definition) is 2. The van der Waals surface area contributed by atoms with Crippen LogP contribution in [0.5, 0.6) is 23.0 Å². The van der Waals surface area contributed by atoms with Crippen molar-refractivity contribution in [3.63, 3.8) is 0 Å². The summed E-state index contributed by atoms with van der Waals surface area (Å²) in [4.78, 5) is 33.6. The van der Waals surface area contributed by atoms with Gasteiger partial charge in [-0.05, 0) is 116 Å². The molecule has 4 aromatic rings. The Morgan fingerprint density at radius 3 is 2.42 bits per heavy atom. The third-order valence-corrected chi connectivity index (χ3v) is 13.3. The zero-order valence-electron chi connectivity index (χ0n) is 37.6. The van der Waals surface area contributed by atoms with Crippen molar-refractivity contribution >= 4 is 28.3 Å². The van der Waals surface area contributed by atoms with Crippen LogP contribution in [0.15, 0.2) is 114 Å². The molecule has 0 radical (unpaired) electrons. The highest BCUT2D eigenvalue weighted by Gasteiger charge is 2.65. The lowest BCUT2D eigenvalue weighted by atomic mass is 9.55. The summed E-state index contributed by atoms with van der Waals surface area (Å²) >= 11 is 0. The van der Waals surface area contributed by atoms with Crippen molar-refractivity contribution in [1.82, 2.24) is 4.90 Å². The van der Waals surface area contributed by atoms with Crippen molar-refractivity contribution in [2.45, 2.75) is 102 Å². The minimum absolute atomic E-state index is 0.00329. The van der Waals surface area contributed by atoms with Gasteiger partial charge >= 0.3 is 6.09 Å². The number of carbonyl (C=O) groups is 1. The molecule has 2 aliphatic heterocycles.